The van der Waals surface area contributed by atoms with E-state index in [1.165, 1.54) is 20.3 Å². The van der Waals surface area contributed by atoms with Crippen LogP contribution in [0.15, 0.2) is 17.0 Å². The Bertz CT molecular complexity index is 458. The van der Waals surface area contributed by atoms with Gasteiger partial charge in [0.05, 0.1) is 19.8 Å². The summed E-state index contributed by atoms with van der Waals surface area (Å²) >= 11 is 0. The molecule has 1 aliphatic rings. The monoisotopic (exact) mass is 227 g/mol. The van der Waals surface area contributed by atoms with Crippen molar-refractivity contribution in [2.75, 3.05) is 14.2 Å². The van der Waals surface area contributed by atoms with Crippen LogP contribution < -0.4 is 14.2 Å². The van der Waals surface area contributed by atoms with Crippen molar-refractivity contribution >= 4 is 16.9 Å². The molecule has 0 aliphatic carbocycles. The van der Waals surface area contributed by atoms with Gasteiger partial charge in [0.2, 0.25) is 0 Å². The Morgan fingerprint density at radius 3 is 2.60 bits per heavy atom. The van der Waals surface area contributed by atoms with Crippen LogP contribution in [0.4, 0.5) is 0 Å². The van der Waals surface area contributed by atoms with Gasteiger partial charge in [-0.05, 0) is 6.07 Å². The lowest BCUT2D eigenvalue weighted by molar-refractivity contribution is 0.0985. The van der Waals surface area contributed by atoms with Gasteiger partial charge in [0.1, 0.15) is 16.4 Å². The minimum Gasteiger partial charge on any atom is -0.497 e. The van der Waals surface area contributed by atoms with Gasteiger partial charge in [-0.2, -0.15) is 0 Å². The van der Waals surface area contributed by atoms with Crippen LogP contribution in [0.25, 0.3) is 0 Å². The van der Waals surface area contributed by atoms with Gasteiger partial charge in [-0.1, -0.05) is 0 Å². The third-order valence-electron chi connectivity index (χ3n) is 2.10. The van der Waals surface area contributed by atoms with E-state index in [-0.39, 0.29) is 5.91 Å². The van der Waals surface area contributed by atoms with Crippen molar-refractivity contribution < 1.29 is 18.5 Å². The highest BCUT2D eigenvalue weighted by atomic mass is 32.2. The molecule has 2 rings (SSSR count). The maximum Gasteiger partial charge on any atom is 0.264 e. The Morgan fingerprint density at radius 1 is 1.27 bits per heavy atom. The second kappa shape index (κ2) is 3.54. The zero-order valence-corrected chi connectivity index (χ0v) is 9.01. The van der Waals surface area contributed by atoms with Gasteiger partial charge in [0.25, 0.3) is 5.91 Å². The molecule has 1 aliphatic heterocycles. The Labute approximate surface area is 89.0 Å². The van der Waals surface area contributed by atoms with Crippen LogP contribution in [-0.4, -0.2) is 24.3 Å². The van der Waals surface area contributed by atoms with Crippen molar-refractivity contribution in [1.29, 1.82) is 0 Å². The summed E-state index contributed by atoms with van der Waals surface area (Å²) in [5.41, 5.74) is 0.338. The molecule has 0 bridgehead atoms. The van der Waals surface area contributed by atoms with E-state index in [2.05, 4.69) is 4.72 Å². The number of carbonyl (C=O) groups excluding carboxylic acids is 1. The van der Waals surface area contributed by atoms with Gasteiger partial charge in [-0.25, -0.2) is 4.21 Å². The summed E-state index contributed by atoms with van der Waals surface area (Å²) in [6, 6.07) is 3.13. The highest BCUT2D eigenvalue weighted by Crippen LogP contribution is 2.33. The second-order valence-corrected chi connectivity index (χ2v) is 4.06. The summed E-state index contributed by atoms with van der Waals surface area (Å²) in [6.45, 7) is 0. The van der Waals surface area contributed by atoms with Crippen LogP contribution in [0, 0.1) is 0 Å². The van der Waals surface area contributed by atoms with E-state index in [1.807, 2.05) is 0 Å². The maximum atomic E-state index is 11.5. The normalized spacial score (nSPS) is 18.3. The number of fused-ring (bicyclic) bond motifs is 1. The highest BCUT2D eigenvalue weighted by molar-refractivity contribution is 7.84. The predicted molar refractivity (Wildman–Crippen MR) is 53.4 cm³/mol. The van der Waals surface area contributed by atoms with Crippen molar-refractivity contribution in [2.24, 2.45) is 0 Å². The first-order chi connectivity index (χ1) is 7.17. The van der Waals surface area contributed by atoms with E-state index >= 15 is 0 Å². The number of hydrogen-bond donors (Lipinski definition) is 1. The molecular formula is C9H9NO4S. The van der Waals surface area contributed by atoms with Gasteiger partial charge < -0.3 is 9.47 Å². The molecule has 15 heavy (non-hydrogen) atoms. The molecule has 0 saturated carbocycles. The number of methoxy groups -OCH3 is 2. The van der Waals surface area contributed by atoms with Gasteiger partial charge in [0, 0.05) is 6.07 Å². The van der Waals surface area contributed by atoms with Gasteiger partial charge in [-0.3, -0.25) is 9.52 Å². The molecule has 1 N–H and O–H groups in total. The standard InChI is InChI=1S/C9H9NO4S/c1-13-5-3-6-8(7(4-5)14-2)15(12)10-9(6)11/h3-4H,1-2H3,(H,10,11). The molecule has 0 aromatic heterocycles. The zero-order valence-electron chi connectivity index (χ0n) is 8.20. The molecule has 1 atom stereocenters. The van der Waals surface area contributed by atoms with Crippen LogP contribution in [0.3, 0.4) is 0 Å². The van der Waals surface area contributed by atoms with Crippen LogP contribution in [-0.2, 0) is 11.0 Å². The SMILES string of the molecule is COc1cc(OC)c2c(c1)C(=O)NS2=O. The first-order valence-electron chi connectivity index (χ1n) is 4.16. The fourth-order valence-corrected chi connectivity index (χ4v) is 2.45. The molecule has 6 heteroatoms. The fourth-order valence-electron chi connectivity index (χ4n) is 1.40. The molecule has 1 amide bonds. The Balaban J connectivity index is 2.67. The molecule has 5 nitrogen and oxygen atoms in total. The molecule has 1 unspecified atom stereocenters. The van der Waals surface area contributed by atoms with Crippen LogP contribution in [0.1, 0.15) is 10.4 Å². The minimum atomic E-state index is -1.53. The number of amides is 1. The molecule has 0 radical (unpaired) electrons. The lowest BCUT2D eigenvalue weighted by Crippen LogP contribution is -2.15. The van der Waals surface area contributed by atoms with E-state index < -0.39 is 11.0 Å². The van der Waals surface area contributed by atoms with E-state index in [0.29, 0.717) is 22.0 Å². The van der Waals surface area contributed by atoms with Crippen molar-refractivity contribution in [3.05, 3.63) is 17.7 Å². The molecule has 80 valence electrons. The van der Waals surface area contributed by atoms with Gasteiger partial charge in [-0.15, -0.1) is 0 Å². The summed E-state index contributed by atoms with van der Waals surface area (Å²) in [5, 5.41) is 0. The summed E-state index contributed by atoms with van der Waals surface area (Å²) in [5.74, 6) is 0.515. The van der Waals surface area contributed by atoms with E-state index in [4.69, 9.17) is 9.47 Å². The minimum absolute atomic E-state index is 0.338. The van der Waals surface area contributed by atoms with Gasteiger partial charge in [0.15, 0.2) is 11.0 Å². The second-order valence-electron chi connectivity index (χ2n) is 2.91. The number of carbonyl (C=O) groups is 1. The Kier molecular flexibility index (Phi) is 2.36. The maximum absolute atomic E-state index is 11.5. The number of nitrogens with one attached hydrogen (secondary N) is 1. The largest absolute Gasteiger partial charge is 0.497 e. The van der Waals surface area contributed by atoms with Crippen molar-refractivity contribution in [1.82, 2.24) is 4.72 Å². The van der Waals surface area contributed by atoms with E-state index in [1.54, 1.807) is 6.07 Å². The van der Waals surface area contributed by atoms with Crippen LogP contribution in [0.5, 0.6) is 11.5 Å². The molecule has 0 fully saturated rings. The van der Waals surface area contributed by atoms with Crippen molar-refractivity contribution in [3.8, 4) is 11.5 Å². The third kappa shape index (κ3) is 1.46. The smallest absolute Gasteiger partial charge is 0.264 e. The van der Waals surface area contributed by atoms with Crippen molar-refractivity contribution in [3.63, 3.8) is 0 Å². The molecule has 1 heterocycles. The molecule has 1 aromatic carbocycles. The van der Waals surface area contributed by atoms with Crippen LogP contribution in [0.2, 0.25) is 0 Å². The number of benzene rings is 1. The van der Waals surface area contributed by atoms with Crippen molar-refractivity contribution in [2.45, 2.75) is 4.90 Å². The molecular weight excluding hydrogens is 218 g/mol. The highest BCUT2D eigenvalue weighted by Gasteiger charge is 2.30. The Hall–Kier alpha value is -1.56. The lowest BCUT2D eigenvalue weighted by atomic mass is 10.2. The predicted octanol–water partition coefficient (Wildman–Crippen LogP) is 0.470. The van der Waals surface area contributed by atoms with Gasteiger partial charge >= 0.3 is 0 Å². The summed E-state index contributed by atoms with van der Waals surface area (Å²) in [6.07, 6.45) is 0. The lowest BCUT2D eigenvalue weighted by Gasteiger charge is -2.07. The topological polar surface area (TPSA) is 64.6 Å². The quantitative estimate of drug-likeness (QED) is 0.797. The average Bonchev–Trinajstić information content (AvgIpc) is 2.53. The summed E-state index contributed by atoms with van der Waals surface area (Å²) in [7, 11) is 1.41. The Morgan fingerprint density at radius 2 is 2.00 bits per heavy atom. The fraction of sp³-hybridized carbons (Fsp3) is 0.222. The number of hydrogen-bond acceptors (Lipinski definition) is 4. The van der Waals surface area contributed by atoms with E-state index in [9.17, 15) is 9.00 Å². The summed E-state index contributed by atoms with van der Waals surface area (Å²) in [4.78, 5) is 11.8. The zero-order chi connectivity index (χ0) is 11.0. The molecule has 0 spiro atoms. The first-order valence-corrected chi connectivity index (χ1v) is 5.31. The molecule has 0 saturated heterocycles. The van der Waals surface area contributed by atoms with Crippen LogP contribution >= 0.6 is 0 Å². The number of rotatable bonds is 2. The first kappa shape index (κ1) is 9.97. The number of ether oxygens (including phenoxy) is 2. The average molecular weight is 227 g/mol. The van der Waals surface area contributed by atoms with E-state index in [0.717, 1.165) is 0 Å². The third-order valence-corrected chi connectivity index (χ3v) is 3.26. The molecule has 1 aromatic rings. The summed E-state index contributed by atoms with van der Waals surface area (Å²) < 4.78 is 23.9.